The van der Waals surface area contributed by atoms with Crippen LogP contribution in [0.1, 0.15) is 23.6 Å². The van der Waals surface area contributed by atoms with Gasteiger partial charge in [-0.15, -0.1) is 0 Å². The van der Waals surface area contributed by atoms with E-state index in [0.29, 0.717) is 11.5 Å². The minimum atomic E-state index is -2.82. The molecule has 0 spiro atoms. The third-order valence-electron chi connectivity index (χ3n) is 5.85. The predicted molar refractivity (Wildman–Crippen MR) is 120 cm³/mol. The topological polar surface area (TPSA) is 115 Å². The molecule has 4 rings (SSSR count). The highest BCUT2D eigenvalue weighted by molar-refractivity contribution is 7.91. The van der Waals surface area contributed by atoms with Crippen molar-refractivity contribution < 1.29 is 28.2 Å². The molecule has 1 atom stereocenters. The first kappa shape index (κ1) is 23.9. The quantitative estimate of drug-likeness (QED) is 0.663. The number of aliphatic carboxylic acids is 2. The van der Waals surface area contributed by atoms with Crippen LogP contribution in [0.3, 0.4) is 0 Å². The largest absolute Gasteiger partial charge is 0.473 e. The van der Waals surface area contributed by atoms with Gasteiger partial charge in [0, 0.05) is 32.2 Å². The molecular weight excluding hydrogens is 432 g/mol. The average Bonchev–Trinajstić information content (AvgIpc) is 3.16. The Morgan fingerprint density at radius 2 is 1.28 bits per heavy atom. The summed E-state index contributed by atoms with van der Waals surface area (Å²) in [4.78, 5) is 23.1. The van der Waals surface area contributed by atoms with Crippen LogP contribution < -0.4 is 0 Å². The molecule has 32 heavy (non-hydrogen) atoms. The van der Waals surface area contributed by atoms with Gasteiger partial charge in [0.1, 0.15) is 0 Å². The minimum absolute atomic E-state index is 0.217. The number of piperazine rings is 1. The summed E-state index contributed by atoms with van der Waals surface area (Å²) in [5, 5.41) is 14.8. The maximum atomic E-state index is 11.8. The highest BCUT2D eigenvalue weighted by atomic mass is 32.2. The molecule has 0 bridgehead atoms. The first-order valence-corrected chi connectivity index (χ1v) is 12.3. The highest BCUT2D eigenvalue weighted by Crippen LogP contribution is 2.30. The number of carbonyl (C=O) groups is 2. The van der Waals surface area contributed by atoms with Crippen LogP contribution in [-0.4, -0.2) is 84.1 Å². The normalized spacial score (nSPS) is 21.0. The molecule has 2 fully saturated rings. The number of hydrogen-bond donors (Lipinski definition) is 2. The Labute approximate surface area is 188 Å². The lowest BCUT2D eigenvalue weighted by Gasteiger charge is -2.41. The van der Waals surface area contributed by atoms with Gasteiger partial charge in [-0.3, -0.25) is 9.80 Å². The zero-order valence-electron chi connectivity index (χ0n) is 17.7. The zero-order chi connectivity index (χ0) is 23.1. The lowest BCUT2D eigenvalue weighted by Crippen LogP contribution is -2.51. The van der Waals surface area contributed by atoms with Crippen LogP contribution >= 0.6 is 0 Å². The summed E-state index contributed by atoms with van der Waals surface area (Å²) in [7, 11) is -2.82. The van der Waals surface area contributed by atoms with Crippen LogP contribution in [0.2, 0.25) is 0 Å². The molecule has 2 aromatic rings. The van der Waals surface area contributed by atoms with E-state index in [1.54, 1.807) is 0 Å². The van der Waals surface area contributed by atoms with Crippen LogP contribution in [-0.2, 0) is 19.4 Å². The Hall–Kier alpha value is -2.75. The maximum absolute atomic E-state index is 11.8. The Morgan fingerprint density at radius 3 is 1.66 bits per heavy atom. The number of nitrogens with zero attached hydrogens (tertiary/aromatic N) is 2. The standard InChI is InChI=1S/C21H26N2O2S.C2H2O4/c24-26(25)16-11-20(17-26)22-12-14-23(15-13-22)21(18-7-3-1-4-8-18)19-9-5-2-6-10-19;3-1(4)2(5)6/h1-10,20-21H,11-17H2;(H,3,4)(H,5,6). The van der Waals surface area contributed by atoms with E-state index in [-0.39, 0.29) is 12.1 Å². The van der Waals surface area contributed by atoms with Crippen LogP contribution in [0.4, 0.5) is 0 Å². The van der Waals surface area contributed by atoms with Crippen molar-refractivity contribution in [3.63, 3.8) is 0 Å². The van der Waals surface area contributed by atoms with Crippen molar-refractivity contribution in [1.29, 1.82) is 0 Å². The SMILES string of the molecule is O=C(O)C(=O)O.O=S1(=O)CCC(N2CCN(C(c3ccccc3)c3ccccc3)CC2)C1. The molecule has 0 aromatic heterocycles. The average molecular weight is 461 g/mol. The molecule has 9 heteroatoms. The van der Waals surface area contributed by atoms with Crippen molar-refractivity contribution in [1.82, 2.24) is 9.80 Å². The number of carboxylic acid groups (broad SMARTS) is 2. The molecule has 0 aliphatic carbocycles. The van der Waals surface area contributed by atoms with Gasteiger partial charge in [-0.25, -0.2) is 18.0 Å². The molecule has 0 saturated carbocycles. The van der Waals surface area contributed by atoms with Gasteiger partial charge in [0.2, 0.25) is 0 Å². The van der Waals surface area contributed by atoms with E-state index in [4.69, 9.17) is 19.8 Å². The van der Waals surface area contributed by atoms with Gasteiger partial charge < -0.3 is 10.2 Å². The van der Waals surface area contributed by atoms with Gasteiger partial charge in [-0.05, 0) is 17.5 Å². The summed E-state index contributed by atoms with van der Waals surface area (Å²) >= 11 is 0. The van der Waals surface area contributed by atoms with Gasteiger partial charge in [0.05, 0.1) is 17.5 Å². The second-order valence-corrected chi connectivity index (χ2v) is 10.2. The lowest BCUT2D eigenvalue weighted by atomic mass is 9.96. The Kier molecular flexibility index (Phi) is 8.00. The van der Waals surface area contributed by atoms with Crippen molar-refractivity contribution >= 4 is 21.8 Å². The molecule has 2 heterocycles. The van der Waals surface area contributed by atoms with Crippen LogP contribution in [0.15, 0.2) is 60.7 Å². The van der Waals surface area contributed by atoms with Gasteiger partial charge >= 0.3 is 11.9 Å². The van der Waals surface area contributed by atoms with E-state index in [1.807, 2.05) is 0 Å². The first-order valence-electron chi connectivity index (χ1n) is 10.5. The molecule has 2 aliphatic heterocycles. The third-order valence-corrected chi connectivity index (χ3v) is 7.60. The summed E-state index contributed by atoms with van der Waals surface area (Å²) in [6, 6.07) is 21.8. The van der Waals surface area contributed by atoms with Crippen LogP contribution in [0.25, 0.3) is 0 Å². The van der Waals surface area contributed by atoms with Gasteiger partial charge in [-0.1, -0.05) is 60.7 Å². The monoisotopic (exact) mass is 460 g/mol. The Bertz CT molecular complexity index is 954. The highest BCUT2D eigenvalue weighted by Gasteiger charge is 2.35. The number of benzene rings is 2. The van der Waals surface area contributed by atoms with Crippen LogP contribution in [0.5, 0.6) is 0 Å². The van der Waals surface area contributed by atoms with E-state index in [0.717, 1.165) is 32.6 Å². The lowest BCUT2D eigenvalue weighted by molar-refractivity contribution is -0.159. The fourth-order valence-electron chi connectivity index (χ4n) is 4.31. The van der Waals surface area contributed by atoms with Crippen molar-refractivity contribution in [2.24, 2.45) is 0 Å². The predicted octanol–water partition coefficient (Wildman–Crippen LogP) is 1.74. The fraction of sp³-hybridized carbons (Fsp3) is 0.391. The smallest absolute Gasteiger partial charge is 0.414 e. The molecule has 2 aromatic carbocycles. The number of rotatable bonds is 4. The molecule has 1 unspecified atom stereocenters. The third kappa shape index (κ3) is 6.38. The first-order chi connectivity index (χ1) is 15.3. The van der Waals surface area contributed by atoms with Crippen molar-refractivity contribution in [2.75, 3.05) is 37.7 Å². The summed E-state index contributed by atoms with van der Waals surface area (Å²) in [6.07, 6.45) is 0.795. The molecule has 0 radical (unpaired) electrons. The summed E-state index contributed by atoms with van der Waals surface area (Å²) < 4.78 is 23.6. The second kappa shape index (κ2) is 10.7. The van der Waals surface area contributed by atoms with Crippen molar-refractivity contribution in [3.8, 4) is 0 Å². The number of hydrogen-bond acceptors (Lipinski definition) is 6. The van der Waals surface area contributed by atoms with E-state index in [9.17, 15) is 8.42 Å². The summed E-state index contributed by atoms with van der Waals surface area (Å²) in [5.74, 6) is -2.95. The maximum Gasteiger partial charge on any atom is 0.414 e. The van der Waals surface area contributed by atoms with Crippen molar-refractivity contribution in [3.05, 3.63) is 71.8 Å². The van der Waals surface area contributed by atoms with E-state index in [2.05, 4.69) is 70.5 Å². The Morgan fingerprint density at radius 1 is 0.812 bits per heavy atom. The number of sulfone groups is 1. The van der Waals surface area contributed by atoms with E-state index < -0.39 is 21.8 Å². The summed E-state index contributed by atoms with van der Waals surface area (Å²) in [5.41, 5.74) is 2.63. The molecule has 2 saturated heterocycles. The van der Waals surface area contributed by atoms with E-state index in [1.165, 1.54) is 11.1 Å². The van der Waals surface area contributed by atoms with E-state index >= 15 is 0 Å². The summed E-state index contributed by atoms with van der Waals surface area (Å²) in [6.45, 7) is 3.81. The second-order valence-electron chi connectivity index (χ2n) is 7.96. The molecule has 2 N–H and O–H groups in total. The van der Waals surface area contributed by atoms with Crippen LogP contribution in [0, 0.1) is 0 Å². The van der Waals surface area contributed by atoms with Gasteiger partial charge in [-0.2, -0.15) is 0 Å². The molecule has 0 amide bonds. The number of carboxylic acids is 2. The molecule has 8 nitrogen and oxygen atoms in total. The molecular formula is C23H28N2O6S. The fourth-order valence-corrected chi connectivity index (χ4v) is 6.07. The van der Waals surface area contributed by atoms with Crippen molar-refractivity contribution in [2.45, 2.75) is 18.5 Å². The molecule has 2 aliphatic rings. The zero-order valence-corrected chi connectivity index (χ0v) is 18.5. The Balaban J connectivity index is 0.000000427. The van der Waals surface area contributed by atoms with Gasteiger partial charge in [0.25, 0.3) is 0 Å². The molecule has 172 valence electrons. The minimum Gasteiger partial charge on any atom is -0.473 e. The van der Waals surface area contributed by atoms with Gasteiger partial charge in [0.15, 0.2) is 9.84 Å².